The number of hydrogen-bond donors (Lipinski definition) is 0. The van der Waals surface area contributed by atoms with Gasteiger partial charge in [-0.15, -0.1) is 0 Å². The van der Waals surface area contributed by atoms with Gasteiger partial charge in [0, 0.05) is 11.5 Å². The Hall–Kier alpha value is -1.49. The Labute approximate surface area is 130 Å². The first-order chi connectivity index (χ1) is 10.0. The number of ether oxygens (including phenoxy) is 2. The molecule has 0 spiro atoms. The average molecular weight is 310 g/mol. The maximum atomic E-state index is 12.1. The van der Waals surface area contributed by atoms with Crippen molar-refractivity contribution in [2.45, 2.75) is 26.5 Å². The van der Waals surface area contributed by atoms with Crippen molar-refractivity contribution in [3.8, 4) is 0 Å². The minimum absolute atomic E-state index is 0.247. The number of rotatable bonds is 8. The van der Waals surface area contributed by atoms with Crippen molar-refractivity contribution < 1.29 is 19.1 Å². The first-order valence-electron chi connectivity index (χ1n) is 7.00. The summed E-state index contributed by atoms with van der Waals surface area (Å²) >= 11 is 1.52. The van der Waals surface area contributed by atoms with Gasteiger partial charge in [0.05, 0.1) is 13.2 Å². The largest absolute Gasteiger partial charge is 0.465 e. The van der Waals surface area contributed by atoms with Gasteiger partial charge in [-0.3, -0.25) is 9.59 Å². The van der Waals surface area contributed by atoms with E-state index in [0.717, 1.165) is 11.3 Å². The van der Waals surface area contributed by atoms with E-state index in [-0.39, 0.29) is 13.2 Å². The molecule has 0 amide bonds. The third kappa shape index (κ3) is 5.08. The molecule has 0 aliphatic rings. The smallest absolute Gasteiger partial charge is 0.324 e. The van der Waals surface area contributed by atoms with Crippen LogP contribution >= 0.6 is 11.8 Å². The second-order valence-electron chi connectivity index (χ2n) is 4.75. The molecule has 1 aromatic carbocycles. The van der Waals surface area contributed by atoms with Gasteiger partial charge in [-0.1, -0.05) is 30.3 Å². The highest BCUT2D eigenvalue weighted by Crippen LogP contribution is 2.28. The molecule has 116 valence electrons. The van der Waals surface area contributed by atoms with Crippen LogP contribution in [0.3, 0.4) is 0 Å². The Morgan fingerprint density at radius 2 is 1.57 bits per heavy atom. The van der Waals surface area contributed by atoms with E-state index in [0.29, 0.717) is 5.75 Å². The van der Waals surface area contributed by atoms with Crippen LogP contribution in [0.1, 0.15) is 26.3 Å². The first-order valence-corrected chi connectivity index (χ1v) is 8.16. The molecule has 0 N–H and O–H groups in total. The summed E-state index contributed by atoms with van der Waals surface area (Å²) in [4.78, 5) is 24.2. The fourth-order valence-electron chi connectivity index (χ4n) is 1.73. The van der Waals surface area contributed by atoms with Crippen molar-refractivity contribution in [2.24, 2.45) is 5.41 Å². The predicted octanol–water partition coefficient (Wildman–Crippen LogP) is 3.05. The lowest BCUT2D eigenvalue weighted by molar-refractivity contribution is -0.168. The van der Waals surface area contributed by atoms with E-state index in [1.807, 2.05) is 30.3 Å². The van der Waals surface area contributed by atoms with Crippen molar-refractivity contribution in [3.63, 3.8) is 0 Å². The summed E-state index contributed by atoms with van der Waals surface area (Å²) in [6, 6.07) is 9.91. The Balaban J connectivity index is 2.68. The number of esters is 2. The number of thioether (sulfide) groups is 1. The summed E-state index contributed by atoms with van der Waals surface area (Å²) in [6.45, 7) is 5.52. The molecule has 4 nitrogen and oxygen atoms in total. The van der Waals surface area contributed by atoms with Gasteiger partial charge >= 0.3 is 11.9 Å². The zero-order chi connectivity index (χ0) is 15.7. The second-order valence-corrected chi connectivity index (χ2v) is 5.74. The third-order valence-electron chi connectivity index (χ3n) is 2.95. The molecular formula is C16H22O4S. The minimum Gasteiger partial charge on any atom is -0.465 e. The van der Waals surface area contributed by atoms with Gasteiger partial charge in [0.1, 0.15) is 0 Å². The lowest BCUT2D eigenvalue weighted by Crippen LogP contribution is -2.41. The van der Waals surface area contributed by atoms with Gasteiger partial charge in [-0.2, -0.15) is 11.8 Å². The molecule has 0 saturated carbocycles. The normalized spacial score (nSPS) is 11.0. The van der Waals surface area contributed by atoms with Crippen molar-refractivity contribution in [3.05, 3.63) is 35.9 Å². The monoisotopic (exact) mass is 310 g/mol. The van der Waals surface area contributed by atoms with E-state index in [1.165, 1.54) is 11.8 Å². The van der Waals surface area contributed by atoms with E-state index < -0.39 is 17.4 Å². The second kappa shape index (κ2) is 8.72. The summed E-state index contributed by atoms with van der Waals surface area (Å²) < 4.78 is 10.0. The fraction of sp³-hybridized carbons (Fsp3) is 0.500. The topological polar surface area (TPSA) is 52.6 Å². The summed E-state index contributed by atoms with van der Waals surface area (Å²) in [5.41, 5.74) is -0.108. The van der Waals surface area contributed by atoms with Crippen molar-refractivity contribution in [1.29, 1.82) is 0 Å². The maximum absolute atomic E-state index is 12.1. The van der Waals surface area contributed by atoms with Crippen molar-refractivity contribution in [1.82, 2.24) is 0 Å². The first kappa shape index (κ1) is 17.6. The molecule has 0 fully saturated rings. The quantitative estimate of drug-likeness (QED) is 0.545. The SMILES string of the molecule is CCOC(=O)C(C)(CSCc1ccccc1)C(=O)OCC. The van der Waals surface area contributed by atoms with Gasteiger partial charge in [0.15, 0.2) is 5.41 Å². The van der Waals surface area contributed by atoms with E-state index in [9.17, 15) is 9.59 Å². The van der Waals surface area contributed by atoms with Crippen molar-refractivity contribution >= 4 is 23.7 Å². The van der Waals surface area contributed by atoms with Gasteiger partial charge in [-0.05, 0) is 26.3 Å². The molecule has 0 atom stereocenters. The number of carbonyl (C=O) groups is 2. The van der Waals surface area contributed by atoms with Crippen LogP contribution in [-0.2, 0) is 24.8 Å². The third-order valence-corrected chi connectivity index (χ3v) is 4.27. The zero-order valence-electron chi connectivity index (χ0n) is 12.8. The Kier molecular flexibility index (Phi) is 7.29. The highest BCUT2D eigenvalue weighted by molar-refractivity contribution is 7.98. The zero-order valence-corrected chi connectivity index (χ0v) is 13.6. The fourth-order valence-corrected chi connectivity index (χ4v) is 2.90. The van der Waals surface area contributed by atoms with E-state index in [4.69, 9.17) is 9.47 Å². The lowest BCUT2D eigenvalue weighted by Gasteiger charge is -2.24. The van der Waals surface area contributed by atoms with Crippen LogP contribution in [0.5, 0.6) is 0 Å². The lowest BCUT2D eigenvalue weighted by atomic mass is 9.93. The van der Waals surface area contributed by atoms with Gasteiger partial charge in [0.25, 0.3) is 0 Å². The van der Waals surface area contributed by atoms with Gasteiger partial charge in [-0.25, -0.2) is 0 Å². The van der Waals surface area contributed by atoms with Crippen LogP contribution in [0.2, 0.25) is 0 Å². The minimum atomic E-state index is -1.26. The molecule has 0 radical (unpaired) electrons. The molecule has 1 aromatic rings. The molecular weight excluding hydrogens is 288 g/mol. The van der Waals surface area contributed by atoms with Gasteiger partial charge in [0.2, 0.25) is 0 Å². The molecule has 0 aromatic heterocycles. The van der Waals surface area contributed by atoms with Crippen molar-refractivity contribution in [2.75, 3.05) is 19.0 Å². The Bertz CT molecular complexity index is 441. The number of benzene rings is 1. The number of hydrogen-bond acceptors (Lipinski definition) is 5. The molecule has 0 unspecified atom stereocenters. The van der Waals surface area contributed by atoms with E-state index in [1.54, 1.807) is 20.8 Å². The maximum Gasteiger partial charge on any atom is 0.324 e. The van der Waals surface area contributed by atoms with E-state index in [2.05, 4.69) is 0 Å². The van der Waals surface area contributed by atoms with Crippen LogP contribution in [-0.4, -0.2) is 30.9 Å². The molecule has 21 heavy (non-hydrogen) atoms. The predicted molar refractivity (Wildman–Crippen MR) is 84.0 cm³/mol. The summed E-state index contributed by atoms with van der Waals surface area (Å²) in [6.07, 6.45) is 0. The molecule has 0 aliphatic heterocycles. The molecule has 0 aliphatic carbocycles. The van der Waals surface area contributed by atoms with Gasteiger partial charge < -0.3 is 9.47 Å². The Morgan fingerprint density at radius 1 is 1.05 bits per heavy atom. The Morgan fingerprint density at radius 3 is 2.05 bits per heavy atom. The highest BCUT2D eigenvalue weighted by atomic mass is 32.2. The summed E-state index contributed by atoms with van der Waals surface area (Å²) in [5.74, 6) is 0.0162. The standard InChI is InChI=1S/C16H22O4S/c1-4-19-14(17)16(3,15(18)20-5-2)12-21-11-13-9-7-6-8-10-13/h6-10H,4-5,11-12H2,1-3H3. The molecule has 5 heteroatoms. The van der Waals surface area contributed by atoms with Crippen LogP contribution in [0.4, 0.5) is 0 Å². The summed E-state index contributed by atoms with van der Waals surface area (Å²) in [5, 5.41) is 0. The number of carbonyl (C=O) groups excluding carboxylic acids is 2. The van der Waals surface area contributed by atoms with E-state index >= 15 is 0 Å². The van der Waals surface area contributed by atoms with Crippen LogP contribution < -0.4 is 0 Å². The highest BCUT2D eigenvalue weighted by Gasteiger charge is 2.44. The molecule has 0 saturated heterocycles. The molecule has 1 rings (SSSR count). The average Bonchev–Trinajstić information content (AvgIpc) is 2.48. The summed E-state index contributed by atoms with van der Waals surface area (Å²) in [7, 11) is 0. The molecule has 0 heterocycles. The van der Waals surface area contributed by atoms with Crippen LogP contribution in [0.15, 0.2) is 30.3 Å². The van der Waals surface area contributed by atoms with Crippen LogP contribution in [0.25, 0.3) is 0 Å². The van der Waals surface area contributed by atoms with Crippen LogP contribution in [0, 0.1) is 5.41 Å². The molecule has 0 bridgehead atoms.